The van der Waals surface area contributed by atoms with Crippen LogP contribution < -0.4 is 21.3 Å². The fraction of sp³-hybridized carbons (Fsp3) is 0.857. The lowest BCUT2D eigenvalue weighted by atomic mass is 10.0. The molecule has 74 heavy (non-hydrogen) atoms. The fourth-order valence-corrected chi connectivity index (χ4v) is 9.50. The predicted molar refractivity (Wildman–Crippen MR) is 293 cm³/mol. The molecule has 0 unspecified atom stereocenters. The van der Waals surface area contributed by atoms with Gasteiger partial charge >= 0.3 is 29.8 Å². The standard InChI is InChI=1S/C56H102N4O13S/c1-4-7-10-13-15-17-19-21-23-25-27-29-31-34-52(66)72-42-45(73-53(67)35-32-30-28-26-24-22-20-18-16-14-11-8-5-2)43-74-44-48(57-40-33-12-9-6-3)54(68)58-41-49(61)59-46(36-38-50(62)63)55(69)60-47(56(70)71)37-39-51(64)65/h45-48,57H,4-44H2,1-3H3,(H,58,68)(H,59,61)(H,60,69)(H,62,63)(H,64,65)(H,70,71)/t45-,46+,47+,48+/m1/s1. The zero-order chi connectivity index (χ0) is 54.9. The van der Waals surface area contributed by atoms with E-state index in [2.05, 4.69) is 42.0 Å². The van der Waals surface area contributed by atoms with E-state index in [0.29, 0.717) is 13.0 Å². The summed E-state index contributed by atoms with van der Waals surface area (Å²) in [5.74, 6) is -6.71. The maximum absolute atomic E-state index is 13.6. The molecule has 18 heteroatoms. The number of ether oxygens (including phenoxy) is 2. The van der Waals surface area contributed by atoms with Gasteiger partial charge in [0.2, 0.25) is 17.7 Å². The SMILES string of the molecule is CCCCCCCCCCCCCCCC(=O)OC[C@H](CSC[C@H](NCCCCCC)C(=O)NCC(=O)N[C@@H](CCC(=O)O)C(=O)N[C@@H](CCC(=O)O)C(=O)O)OC(=O)CCCCCCCCCCCCCCC. The van der Waals surface area contributed by atoms with Crippen molar-refractivity contribution in [2.45, 2.75) is 276 Å². The highest BCUT2D eigenvalue weighted by Gasteiger charge is 2.28. The van der Waals surface area contributed by atoms with E-state index in [4.69, 9.17) is 14.6 Å². The molecule has 4 atom stereocenters. The number of carbonyl (C=O) groups is 8. The predicted octanol–water partition coefficient (Wildman–Crippen LogP) is 10.6. The van der Waals surface area contributed by atoms with Gasteiger partial charge in [-0.25, -0.2) is 4.79 Å². The van der Waals surface area contributed by atoms with E-state index in [0.717, 1.165) is 70.6 Å². The zero-order valence-corrected chi connectivity index (χ0v) is 46.9. The molecule has 0 fully saturated rings. The van der Waals surface area contributed by atoms with E-state index in [1.165, 1.54) is 127 Å². The Hall–Kier alpha value is -3.93. The number of carboxylic acids is 3. The minimum Gasteiger partial charge on any atom is -0.481 e. The molecule has 0 aliphatic rings. The Morgan fingerprint density at radius 1 is 0.446 bits per heavy atom. The molecule has 0 aromatic rings. The Balaban J connectivity index is 5.49. The van der Waals surface area contributed by atoms with Crippen molar-refractivity contribution >= 4 is 59.3 Å². The fourth-order valence-electron chi connectivity index (χ4n) is 8.44. The van der Waals surface area contributed by atoms with E-state index in [-0.39, 0.29) is 42.9 Å². The van der Waals surface area contributed by atoms with Crippen LogP contribution in [0.4, 0.5) is 0 Å². The van der Waals surface area contributed by atoms with E-state index >= 15 is 0 Å². The van der Waals surface area contributed by atoms with Crippen LogP contribution in [0.5, 0.6) is 0 Å². The number of unbranched alkanes of at least 4 members (excludes halogenated alkanes) is 27. The number of thioether (sulfide) groups is 1. The second kappa shape index (κ2) is 49.9. The number of hydrogen-bond acceptors (Lipinski definition) is 12. The Kier molecular flexibility index (Phi) is 47.3. The van der Waals surface area contributed by atoms with Crippen LogP contribution in [0.25, 0.3) is 0 Å². The zero-order valence-electron chi connectivity index (χ0n) is 46.1. The van der Waals surface area contributed by atoms with E-state index in [1.807, 2.05) is 0 Å². The Morgan fingerprint density at radius 2 is 0.865 bits per heavy atom. The second-order valence-corrected chi connectivity index (χ2v) is 21.1. The monoisotopic (exact) mass is 1070 g/mol. The first-order chi connectivity index (χ1) is 35.7. The third-order valence-electron chi connectivity index (χ3n) is 13.0. The minimum absolute atomic E-state index is 0.112. The van der Waals surface area contributed by atoms with Crippen molar-refractivity contribution in [3.8, 4) is 0 Å². The molecule has 17 nitrogen and oxygen atoms in total. The number of amides is 3. The summed E-state index contributed by atoms with van der Waals surface area (Å²) < 4.78 is 11.5. The molecule has 0 spiro atoms. The molecule has 0 aliphatic heterocycles. The number of aliphatic carboxylic acids is 3. The summed E-state index contributed by atoms with van der Waals surface area (Å²) in [5, 5.41) is 38.1. The van der Waals surface area contributed by atoms with Gasteiger partial charge in [0.25, 0.3) is 0 Å². The summed E-state index contributed by atoms with van der Waals surface area (Å²) in [6, 6.07) is -3.89. The highest BCUT2D eigenvalue weighted by molar-refractivity contribution is 7.99. The van der Waals surface area contributed by atoms with Gasteiger partial charge < -0.3 is 46.1 Å². The normalized spacial score (nSPS) is 12.8. The van der Waals surface area contributed by atoms with Gasteiger partial charge in [-0.05, 0) is 38.6 Å². The summed E-state index contributed by atoms with van der Waals surface area (Å²) in [5.41, 5.74) is 0. The van der Waals surface area contributed by atoms with Crippen LogP contribution in [0.3, 0.4) is 0 Å². The number of esters is 2. The first-order valence-corrected chi connectivity index (χ1v) is 30.1. The number of carboxylic acid groups (broad SMARTS) is 3. The van der Waals surface area contributed by atoms with Crippen LogP contribution in [-0.2, 0) is 47.8 Å². The molecule has 430 valence electrons. The molecule has 0 saturated carbocycles. The van der Waals surface area contributed by atoms with Crippen molar-refractivity contribution in [3.63, 3.8) is 0 Å². The molecular formula is C56H102N4O13S. The maximum atomic E-state index is 13.6. The van der Waals surface area contributed by atoms with E-state index < -0.39 is 92.1 Å². The van der Waals surface area contributed by atoms with Crippen molar-refractivity contribution in [2.24, 2.45) is 0 Å². The topological polar surface area (TPSA) is 264 Å². The molecule has 0 aliphatic carbocycles. The first kappa shape index (κ1) is 70.1. The lowest BCUT2D eigenvalue weighted by Crippen LogP contribution is -2.54. The number of rotatable bonds is 54. The summed E-state index contributed by atoms with van der Waals surface area (Å²) in [4.78, 5) is 99.7. The lowest BCUT2D eigenvalue weighted by Gasteiger charge is -2.22. The van der Waals surface area contributed by atoms with Crippen LogP contribution in [0.2, 0.25) is 0 Å². The number of hydrogen-bond donors (Lipinski definition) is 7. The van der Waals surface area contributed by atoms with Gasteiger partial charge in [0.15, 0.2) is 0 Å². The molecule has 0 aromatic heterocycles. The average Bonchev–Trinajstić information content (AvgIpc) is 3.36. The molecule has 3 amide bonds. The van der Waals surface area contributed by atoms with Crippen LogP contribution >= 0.6 is 11.8 Å². The van der Waals surface area contributed by atoms with Crippen molar-refractivity contribution in [1.29, 1.82) is 0 Å². The number of carbonyl (C=O) groups excluding carboxylic acids is 5. The van der Waals surface area contributed by atoms with Gasteiger partial charge in [0, 0.05) is 37.2 Å². The van der Waals surface area contributed by atoms with Gasteiger partial charge in [-0.2, -0.15) is 11.8 Å². The largest absolute Gasteiger partial charge is 0.481 e. The second-order valence-electron chi connectivity index (χ2n) is 20.0. The molecule has 0 aromatic carbocycles. The quantitative estimate of drug-likeness (QED) is 0.0221. The lowest BCUT2D eigenvalue weighted by molar-refractivity contribution is -0.157. The first-order valence-electron chi connectivity index (χ1n) is 28.9. The highest BCUT2D eigenvalue weighted by atomic mass is 32.2. The van der Waals surface area contributed by atoms with Gasteiger partial charge in [-0.1, -0.05) is 194 Å². The average molecular weight is 1070 g/mol. The smallest absolute Gasteiger partial charge is 0.326 e. The van der Waals surface area contributed by atoms with Crippen molar-refractivity contribution in [1.82, 2.24) is 21.3 Å². The van der Waals surface area contributed by atoms with Gasteiger partial charge in [-0.15, -0.1) is 0 Å². The summed E-state index contributed by atoms with van der Waals surface area (Å²) in [6.45, 7) is 6.36. The Bertz CT molecular complexity index is 1510. The summed E-state index contributed by atoms with van der Waals surface area (Å²) >= 11 is 1.33. The van der Waals surface area contributed by atoms with Gasteiger partial charge in [0.1, 0.15) is 24.8 Å². The molecule has 7 N–H and O–H groups in total. The van der Waals surface area contributed by atoms with Gasteiger partial charge in [-0.3, -0.25) is 33.6 Å². The van der Waals surface area contributed by atoms with Crippen LogP contribution in [0, 0.1) is 0 Å². The Morgan fingerprint density at radius 3 is 1.31 bits per heavy atom. The van der Waals surface area contributed by atoms with Crippen molar-refractivity contribution < 1.29 is 63.1 Å². The molecule has 0 radical (unpaired) electrons. The van der Waals surface area contributed by atoms with Crippen LogP contribution in [0.15, 0.2) is 0 Å². The van der Waals surface area contributed by atoms with Crippen LogP contribution in [-0.4, -0.2) is 118 Å². The molecule has 0 heterocycles. The summed E-state index contributed by atoms with van der Waals surface area (Å²) in [7, 11) is 0. The third kappa shape index (κ3) is 44.4. The van der Waals surface area contributed by atoms with E-state index in [1.54, 1.807) is 0 Å². The summed E-state index contributed by atoms with van der Waals surface area (Å²) in [6.07, 6.45) is 32.6. The van der Waals surface area contributed by atoms with Crippen molar-refractivity contribution in [3.05, 3.63) is 0 Å². The Labute approximate surface area is 449 Å². The van der Waals surface area contributed by atoms with Crippen molar-refractivity contribution in [2.75, 3.05) is 31.2 Å². The molecule has 0 rings (SSSR count). The highest BCUT2D eigenvalue weighted by Crippen LogP contribution is 2.17. The molecular weight excluding hydrogens is 969 g/mol. The molecule has 0 bridgehead atoms. The number of nitrogens with one attached hydrogen (secondary N) is 4. The van der Waals surface area contributed by atoms with Crippen LogP contribution in [0.1, 0.15) is 252 Å². The minimum atomic E-state index is -1.60. The third-order valence-corrected chi connectivity index (χ3v) is 14.2. The molecule has 0 saturated heterocycles. The van der Waals surface area contributed by atoms with E-state index in [9.17, 15) is 48.6 Å². The maximum Gasteiger partial charge on any atom is 0.326 e. The van der Waals surface area contributed by atoms with Gasteiger partial charge in [0.05, 0.1) is 12.6 Å².